The second-order valence-corrected chi connectivity index (χ2v) is 5.67. The third-order valence-electron chi connectivity index (χ3n) is 4.17. The van der Waals surface area contributed by atoms with Crippen LogP contribution in [0.2, 0.25) is 0 Å². The zero-order valence-corrected chi connectivity index (χ0v) is 12.3. The average Bonchev–Trinajstić information content (AvgIpc) is 2.50. The fraction of sp³-hybridized carbons (Fsp3) is 0.647. The highest BCUT2D eigenvalue weighted by Gasteiger charge is 2.29. The maximum atomic E-state index is 10.3. The zero-order valence-electron chi connectivity index (χ0n) is 12.3. The Labute approximate surface area is 121 Å². The Morgan fingerprint density at radius 3 is 2.50 bits per heavy atom. The van der Waals surface area contributed by atoms with E-state index in [1.54, 1.807) is 7.11 Å². The minimum atomic E-state index is -0.535. The molecular weight excluding hydrogens is 252 g/mol. The molecule has 3 heteroatoms. The lowest BCUT2D eigenvalue weighted by atomic mass is 9.83. The molecule has 0 unspecified atom stereocenters. The van der Waals surface area contributed by atoms with Crippen molar-refractivity contribution in [2.45, 2.75) is 50.9 Å². The largest absolute Gasteiger partial charge is 0.388 e. The van der Waals surface area contributed by atoms with Crippen LogP contribution in [0.4, 0.5) is 0 Å². The lowest BCUT2D eigenvalue weighted by Crippen LogP contribution is -2.39. The predicted molar refractivity (Wildman–Crippen MR) is 79.5 cm³/mol. The van der Waals surface area contributed by atoms with Gasteiger partial charge in [0.15, 0.2) is 0 Å². The average molecular weight is 278 g/mol. The summed E-state index contributed by atoms with van der Waals surface area (Å²) >= 11 is 0. The number of methoxy groups -OCH3 is 1. The van der Waals surface area contributed by atoms with E-state index in [0.717, 1.165) is 18.4 Å². The Morgan fingerprint density at radius 2 is 1.85 bits per heavy atom. The maximum absolute atomic E-state index is 10.3. The highest BCUT2D eigenvalue weighted by atomic mass is 16.5. The van der Waals surface area contributed by atoms with Gasteiger partial charge in [-0.3, -0.25) is 0 Å². The van der Waals surface area contributed by atoms with Crippen LogP contribution in [0, 0.1) is 5.92 Å². The van der Waals surface area contributed by atoms with E-state index in [9.17, 15) is 5.11 Å². The van der Waals surface area contributed by atoms with Crippen LogP contribution in [0.25, 0.3) is 0 Å². The van der Waals surface area contributed by atoms with Gasteiger partial charge in [0, 0.05) is 7.11 Å². The predicted octanol–water partition coefficient (Wildman–Crippen LogP) is 3.16. The second kappa shape index (κ2) is 8.40. The van der Waals surface area contributed by atoms with Gasteiger partial charge in [-0.25, -0.2) is 0 Å². The Balaban J connectivity index is 1.75. The van der Waals surface area contributed by atoms with Crippen molar-refractivity contribution in [1.82, 2.24) is 0 Å². The van der Waals surface area contributed by atoms with Gasteiger partial charge in [-0.15, -0.1) is 0 Å². The van der Waals surface area contributed by atoms with E-state index in [1.165, 1.54) is 19.3 Å². The van der Waals surface area contributed by atoms with Crippen molar-refractivity contribution in [1.29, 1.82) is 0 Å². The van der Waals surface area contributed by atoms with Gasteiger partial charge in [0.1, 0.15) is 6.10 Å². The van der Waals surface area contributed by atoms with Gasteiger partial charge in [0.2, 0.25) is 0 Å². The van der Waals surface area contributed by atoms with Crippen LogP contribution in [0.15, 0.2) is 30.3 Å². The smallest absolute Gasteiger partial charge is 0.104 e. The van der Waals surface area contributed by atoms with Crippen LogP contribution in [-0.2, 0) is 16.1 Å². The molecule has 2 rings (SSSR count). The van der Waals surface area contributed by atoms with Gasteiger partial charge >= 0.3 is 0 Å². The summed E-state index contributed by atoms with van der Waals surface area (Å²) in [5.74, 6) is 0.476. The first-order chi connectivity index (χ1) is 9.81. The molecule has 0 heterocycles. The third-order valence-corrected chi connectivity index (χ3v) is 4.17. The van der Waals surface area contributed by atoms with Crippen molar-refractivity contribution in [2.75, 3.05) is 13.7 Å². The molecule has 0 aliphatic heterocycles. The lowest BCUT2D eigenvalue weighted by Gasteiger charge is -2.32. The van der Waals surface area contributed by atoms with Crippen molar-refractivity contribution in [2.24, 2.45) is 5.92 Å². The van der Waals surface area contributed by atoms with Gasteiger partial charge in [0.25, 0.3) is 0 Å². The SMILES string of the molecule is CO[C@@H](C1CCCCC1)[C@H](O)COCc1ccccc1. The number of ether oxygens (including phenoxy) is 2. The van der Waals surface area contributed by atoms with Crippen LogP contribution in [0.1, 0.15) is 37.7 Å². The summed E-state index contributed by atoms with van der Waals surface area (Å²) in [5.41, 5.74) is 1.13. The van der Waals surface area contributed by atoms with E-state index in [-0.39, 0.29) is 6.10 Å². The molecule has 1 aromatic carbocycles. The van der Waals surface area contributed by atoms with Crippen molar-refractivity contribution < 1.29 is 14.6 Å². The number of hydrogen-bond donors (Lipinski definition) is 1. The van der Waals surface area contributed by atoms with Gasteiger partial charge in [-0.05, 0) is 24.3 Å². The summed E-state index contributed by atoms with van der Waals surface area (Å²) in [6.45, 7) is 0.878. The summed E-state index contributed by atoms with van der Waals surface area (Å²) < 4.78 is 11.1. The third kappa shape index (κ3) is 4.58. The van der Waals surface area contributed by atoms with Crippen LogP contribution in [0.5, 0.6) is 0 Å². The first-order valence-electron chi connectivity index (χ1n) is 7.64. The highest BCUT2D eigenvalue weighted by molar-refractivity contribution is 5.13. The number of hydrogen-bond acceptors (Lipinski definition) is 3. The lowest BCUT2D eigenvalue weighted by molar-refractivity contribution is -0.0880. The number of rotatable bonds is 7. The molecule has 0 aromatic heterocycles. The van der Waals surface area contributed by atoms with Crippen LogP contribution in [0.3, 0.4) is 0 Å². The summed E-state index contributed by atoms with van der Waals surface area (Å²) in [7, 11) is 1.69. The molecular formula is C17H26O3. The van der Waals surface area contributed by atoms with Crippen LogP contribution in [-0.4, -0.2) is 31.0 Å². The molecule has 1 saturated carbocycles. The van der Waals surface area contributed by atoms with Crippen LogP contribution >= 0.6 is 0 Å². The summed E-state index contributed by atoms with van der Waals surface area (Å²) in [4.78, 5) is 0. The van der Waals surface area contributed by atoms with Crippen molar-refractivity contribution in [3.05, 3.63) is 35.9 Å². The summed E-state index contributed by atoms with van der Waals surface area (Å²) in [5, 5.41) is 10.3. The van der Waals surface area contributed by atoms with Gasteiger partial charge < -0.3 is 14.6 Å². The Morgan fingerprint density at radius 1 is 1.15 bits per heavy atom. The Hall–Kier alpha value is -0.900. The first kappa shape index (κ1) is 15.5. The van der Waals surface area contributed by atoms with Crippen molar-refractivity contribution >= 4 is 0 Å². The van der Waals surface area contributed by atoms with E-state index >= 15 is 0 Å². The maximum Gasteiger partial charge on any atom is 0.104 e. The van der Waals surface area contributed by atoms with E-state index in [4.69, 9.17) is 9.47 Å². The second-order valence-electron chi connectivity index (χ2n) is 5.67. The number of benzene rings is 1. The molecule has 1 N–H and O–H groups in total. The number of aliphatic hydroxyl groups is 1. The topological polar surface area (TPSA) is 38.7 Å². The van der Waals surface area contributed by atoms with Gasteiger partial charge in [0.05, 0.1) is 19.3 Å². The minimum Gasteiger partial charge on any atom is -0.388 e. The van der Waals surface area contributed by atoms with E-state index in [1.807, 2.05) is 30.3 Å². The van der Waals surface area contributed by atoms with E-state index < -0.39 is 6.10 Å². The summed E-state index contributed by atoms with van der Waals surface area (Å²) in [6, 6.07) is 10.0. The molecule has 0 radical (unpaired) electrons. The summed E-state index contributed by atoms with van der Waals surface area (Å²) in [6.07, 6.45) is 5.51. The molecule has 1 aromatic rings. The van der Waals surface area contributed by atoms with Crippen molar-refractivity contribution in [3.63, 3.8) is 0 Å². The standard InChI is InChI=1S/C17H26O3/c1-19-17(15-10-6-3-7-11-15)16(18)13-20-12-14-8-4-2-5-9-14/h2,4-5,8-9,15-18H,3,6-7,10-13H2,1H3/t16-,17+/m1/s1. The fourth-order valence-electron chi connectivity index (χ4n) is 3.09. The first-order valence-corrected chi connectivity index (χ1v) is 7.64. The van der Waals surface area contributed by atoms with Crippen molar-refractivity contribution in [3.8, 4) is 0 Å². The minimum absolute atomic E-state index is 0.0916. The molecule has 2 atom stereocenters. The normalized spacial score (nSPS) is 19.7. The number of aliphatic hydroxyl groups excluding tert-OH is 1. The quantitative estimate of drug-likeness (QED) is 0.832. The monoisotopic (exact) mass is 278 g/mol. The highest BCUT2D eigenvalue weighted by Crippen LogP contribution is 2.29. The van der Waals surface area contributed by atoms with Gasteiger partial charge in [-0.2, -0.15) is 0 Å². The van der Waals surface area contributed by atoms with E-state index in [0.29, 0.717) is 19.1 Å². The Bertz CT molecular complexity index is 360. The molecule has 0 saturated heterocycles. The van der Waals surface area contributed by atoms with Crippen LogP contribution < -0.4 is 0 Å². The van der Waals surface area contributed by atoms with E-state index in [2.05, 4.69) is 0 Å². The Kier molecular flexibility index (Phi) is 6.51. The molecule has 3 nitrogen and oxygen atoms in total. The molecule has 0 bridgehead atoms. The molecule has 20 heavy (non-hydrogen) atoms. The zero-order chi connectivity index (χ0) is 14.2. The molecule has 1 fully saturated rings. The molecule has 1 aliphatic rings. The molecule has 0 spiro atoms. The molecule has 0 amide bonds. The fourth-order valence-corrected chi connectivity index (χ4v) is 3.09. The van der Waals surface area contributed by atoms with Gasteiger partial charge in [-0.1, -0.05) is 49.6 Å². The molecule has 112 valence electrons. The molecule has 1 aliphatic carbocycles.